The maximum absolute atomic E-state index is 12.0. The molecule has 2 rings (SSSR count). The van der Waals surface area contributed by atoms with Gasteiger partial charge in [-0.2, -0.15) is 0 Å². The Morgan fingerprint density at radius 1 is 1.10 bits per heavy atom. The van der Waals surface area contributed by atoms with Crippen LogP contribution in [0.15, 0.2) is 29.3 Å². The summed E-state index contributed by atoms with van der Waals surface area (Å²) >= 11 is 0. The molecular weight excluding hydrogens is 376 g/mol. The molecule has 1 aliphatic rings. The van der Waals surface area contributed by atoms with Crippen LogP contribution in [0.4, 0.5) is 0 Å². The summed E-state index contributed by atoms with van der Waals surface area (Å²) in [6.07, 6.45) is 0. The normalized spacial score (nSPS) is 17.1. The number of nitrogens with one attached hydrogen (secondary N) is 2. The number of carbonyl (C=O) groups excluding carboxylic acids is 1. The monoisotopic (exact) mass is 416 g/mol. The van der Waals surface area contributed by atoms with Gasteiger partial charge < -0.3 is 20.4 Å². The van der Waals surface area contributed by atoms with E-state index in [0.29, 0.717) is 24.1 Å². The van der Waals surface area contributed by atoms with Crippen molar-refractivity contribution in [2.45, 2.75) is 33.4 Å². The molecule has 168 valence electrons. The molecule has 0 saturated carbocycles. The molecular formula is C23H40N6O. The minimum Gasteiger partial charge on any atom is -0.357 e. The van der Waals surface area contributed by atoms with Gasteiger partial charge in [0.25, 0.3) is 5.91 Å². The maximum atomic E-state index is 12.0. The van der Waals surface area contributed by atoms with E-state index in [0.717, 1.165) is 50.8 Å². The number of aliphatic imine (C=N–C) groups is 1. The molecule has 0 radical (unpaired) electrons. The molecule has 1 fully saturated rings. The van der Waals surface area contributed by atoms with E-state index >= 15 is 0 Å². The zero-order valence-electron chi connectivity index (χ0n) is 19.6. The summed E-state index contributed by atoms with van der Waals surface area (Å²) < 4.78 is 0. The van der Waals surface area contributed by atoms with Crippen molar-refractivity contribution in [3.63, 3.8) is 0 Å². The third-order valence-electron chi connectivity index (χ3n) is 5.63. The Hall–Kier alpha value is -2.12. The lowest BCUT2D eigenvalue weighted by Crippen LogP contribution is -2.55. The van der Waals surface area contributed by atoms with Crippen molar-refractivity contribution in [1.82, 2.24) is 25.3 Å². The standard InChI is InChI=1S/C23H40N6O/c1-7-24-23(25-16-19-8-10-20(11-9-19)22(30)27(4)5)26-17-21(18(2)3)29-14-12-28(6)13-15-29/h8-11,18,21H,7,12-17H2,1-6H3,(H2,24,25,26). The fraction of sp³-hybridized carbons (Fsp3) is 0.652. The highest BCUT2D eigenvalue weighted by Crippen LogP contribution is 2.13. The van der Waals surface area contributed by atoms with Crippen LogP contribution < -0.4 is 10.6 Å². The van der Waals surface area contributed by atoms with E-state index in [2.05, 4.69) is 48.3 Å². The molecule has 7 heteroatoms. The highest BCUT2D eigenvalue weighted by Gasteiger charge is 2.25. The second kappa shape index (κ2) is 11.9. The van der Waals surface area contributed by atoms with Crippen molar-refractivity contribution in [3.05, 3.63) is 35.4 Å². The predicted molar refractivity (Wildman–Crippen MR) is 125 cm³/mol. The third-order valence-corrected chi connectivity index (χ3v) is 5.63. The molecule has 2 N–H and O–H groups in total. The van der Waals surface area contributed by atoms with Crippen molar-refractivity contribution in [2.24, 2.45) is 10.9 Å². The summed E-state index contributed by atoms with van der Waals surface area (Å²) in [6, 6.07) is 8.18. The molecule has 7 nitrogen and oxygen atoms in total. The number of piperazine rings is 1. The topological polar surface area (TPSA) is 63.2 Å². The number of benzene rings is 1. The molecule has 1 amide bonds. The number of hydrogen-bond donors (Lipinski definition) is 2. The van der Waals surface area contributed by atoms with Crippen LogP contribution in [-0.2, 0) is 6.54 Å². The summed E-state index contributed by atoms with van der Waals surface area (Å²) in [7, 11) is 5.72. The van der Waals surface area contributed by atoms with Crippen molar-refractivity contribution >= 4 is 11.9 Å². The quantitative estimate of drug-likeness (QED) is 0.499. The number of likely N-dealkylation sites (N-methyl/N-ethyl adjacent to an activating group) is 1. The minimum absolute atomic E-state index is 0.0173. The Morgan fingerprint density at radius 3 is 2.27 bits per heavy atom. The van der Waals surface area contributed by atoms with E-state index < -0.39 is 0 Å². The van der Waals surface area contributed by atoms with Gasteiger partial charge in [0.15, 0.2) is 5.96 Å². The zero-order valence-corrected chi connectivity index (χ0v) is 19.6. The molecule has 0 spiro atoms. The molecule has 1 atom stereocenters. The largest absolute Gasteiger partial charge is 0.357 e. The maximum Gasteiger partial charge on any atom is 0.253 e. The fourth-order valence-corrected chi connectivity index (χ4v) is 3.66. The number of nitrogens with zero attached hydrogens (tertiary/aromatic N) is 4. The lowest BCUT2D eigenvalue weighted by Gasteiger charge is -2.40. The summed E-state index contributed by atoms with van der Waals surface area (Å²) in [6.45, 7) is 13.4. The van der Waals surface area contributed by atoms with Crippen LogP contribution in [0.1, 0.15) is 36.7 Å². The van der Waals surface area contributed by atoms with E-state index in [4.69, 9.17) is 4.99 Å². The average Bonchev–Trinajstić information content (AvgIpc) is 2.72. The van der Waals surface area contributed by atoms with Crippen LogP contribution in [0.25, 0.3) is 0 Å². The van der Waals surface area contributed by atoms with Crippen molar-refractivity contribution in [2.75, 3.05) is 60.4 Å². The van der Waals surface area contributed by atoms with Crippen LogP contribution >= 0.6 is 0 Å². The van der Waals surface area contributed by atoms with Gasteiger partial charge in [-0.15, -0.1) is 0 Å². The molecule has 1 aliphatic heterocycles. The highest BCUT2D eigenvalue weighted by atomic mass is 16.2. The number of amides is 1. The molecule has 1 heterocycles. The van der Waals surface area contributed by atoms with Crippen LogP contribution in [-0.4, -0.2) is 93.0 Å². The summed E-state index contributed by atoms with van der Waals surface area (Å²) in [5.41, 5.74) is 1.78. The second-order valence-corrected chi connectivity index (χ2v) is 8.62. The van der Waals surface area contributed by atoms with E-state index in [1.807, 2.05) is 24.3 Å². The summed E-state index contributed by atoms with van der Waals surface area (Å²) in [4.78, 5) is 23.4. The molecule has 1 aromatic carbocycles. The van der Waals surface area contributed by atoms with Crippen LogP contribution in [0, 0.1) is 5.92 Å². The summed E-state index contributed by atoms with van der Waals surface area (Å²) in [5.74, 6) is 1.43. The lowest BCUT2D eigenvalue weighted by atomic mass is 10.0. The van der Waals surface area contributed by atoms with Crippen LogP contribution in [0.5, 0.6) is 0 Å². The summed E-state index contributed by atoms with van der Waals surface area (Å²) in [5, 5.41) is 6.90. The minimum atomic E-state index is 0.0173. The Bertz CT molecular complexity index is 677. The van der Waals surface area contributed by atoms with Gasteiger partial charge in [0, 0.05) is 65.0 Å². The first-order valence-electron chi connectivity index (χ1n) is 11.1. The second-order valence-electron chi connectivity index (χ2n) is 8.62. The van der Waals surface area contributed by atoms with Crippen molar-refractivity contribution in [1.29, 1.82) is 0 Å². The molecule has 1 saturated heterocycles. The van der Waals surface area contributed by atoms with Crippen LogP contribution in [0.2, 0.25) is 0 Å². The molecule has 1 aromatic rings. The van der Waals surface area contributed by atoms with Gasteiger partial charge in [-0.1, -0.05) is 26.0 Å². The van der Waals surface area contributed by atoms with Gasteiger partial charge in [0.05, 0.1) is 6.54 Å². The predicted octanol–water partition coefficient (Wildman–Crippen LogP) is 1.72. The van der Waals surface area contributed by atoms with Gasteiger partial charge >= 0.3 is 0 Å². The van der Waals surface area contributed by atoms with Crippen molar-refractivity contribution < 1.29 is 4.79 Å². The molecule has 0 aromatic heterocycles. The third kappa shape index (κ3) is 7.29. The first-order valence-corrected chi connectivity index (χ1v) is 11.1. The SMILES string of the molecule is CCNC(=NCc1ccc(C(=O)N(C)C)cc1)NCC(C(C)C)N1CCN(C)CC1. The van der Waals surface area contributed by atoms with E-state index in [1.54, 1.807) is 19.0 Å². The molecule has 0 aliphatic carbocycles. The first-order chi connectivity index (χ1) is 14.3. The van der Waals surface area contributed by atoms with E-state index in [1.165, 1.54) is 0 Å². The number of rotatable bonds is 8. The highest BCUT2D eigenvalue weighted by molar-refractivity contribution is 5.93. The Kier molecular flexibility index (Phi) is 9.59. The Labute approximate surface area is 182 Å². The van der Waals surface area contributed by atoms with Gasteiger partial charge in [-0.25, -0.2) is 4.99 Å². The van der Waals surface area contributed by atoms with Gasteiger partial charge in [-0.05, 0) is 37.6 Å². The van der Waals surface area contributed by atoms with Gasteiger partial charge in [-0.3, -0.25) is 9.69 Å². The van der Waals surface area contributed by atoms with Gasteiger partial charge in [0.2, 0.25) is 0 Å². The zero-order chi connectivity index (χ0) is 22.1. The number of hydrogen-bond acceptors (Lipinski definition) is 4. The Morgan fingerprint density at radius 2 is 1.73 bits per heavy atom. The molecule has 30 heavy (non-hydrogen) atoms. The Balaban J connectivity index is 1.96. The average molecular weight is 417 g/mol. The fourth-order valence-electron chi connectivity index (χ4n) is 3.66. The van der Waals surface area contributed by atoms with Gasteiger partial charge in [0.1, 0.15) is 0 Å². The lowest BCUT2D eigenvalue weighted by molar-refractivity contribution is 0.0827. The van der Waals surface area contributed by atoms with E-state index in [9.17, 15) is 4.79 Å². The first kappa shape index (κ1) is 24.2. The van der Waals surface area contributed by atoms with Crippen molar-refractivity contribution in [3.8, 4) is 0 Å². The smallest absolute Gasteiger partial charge is 0.253 e. The molecule has 0 bridgehead atoms. The number of carbonyl (C=O) groups is 1. The number of guanidine groups is 1. The van der Waals surface area contributed by atoms with E-state index in [-0.39, 0.29) is 5.91 Å². The molecule has 1 unspecified atom stereocenters. The van der Waals surface area contributed by atoms with Crippen LogP contribution in [0.3, 0.4) is 0 Å².